The number of rotatable bonds is 5. The quantitative estimate of drug-likeness (QED) is 0.830. The number of sulfonamides is 1. The Kier molecular flexibility index (Phi) is 4.50. The Morgan fingerprint density at radius 3 is 2.72 bits per heavy atom. The zero-order valence-corrected chi connectivity index (χ0v) is 14.4. The summed E-state index contributed by atoms with van der Waals surface area (Å²) in [6, 6.07) is 11.9. The van der Waals surface area contributed by atoms with Gasteiger partial charge >= 0.3 is 5.97 Å². The fourth-order valence-corrected chi connectivity index (χ4v) is 4.54. The number of para-hydroxylation sites is 1. The van der Waals surface area contributed by atoms with Gasteiger partial charge in [0.15, 0.2) is 0 Å². The molecule has 1 aliphatic heterocycles. The topological polar surface area (TPSA) is 83.9 Å². The maximum Gasteiger partial charge on any atom is 0.328 e. The molecule has 0 spiro atoms. The van der Waals surface area contributed by atoms with Crippen LogP contribution in [0.5, 0.6) is 5.75 Å². The molecule has 0 amide bonds. The number of aliphatic carboxylic acids is 1. The molecule has 0 aliphatic carbocycles. The minimum atomic E-state index is -3.83. The molecule has 130 valence electrons. The van der Waals surface area contributed by atoms with Gasteiger partial charge in [-0.2, -0.15) is 0 Å². The normalized spacial score (nSPS) is 13.9. The maximum atomic E-state index is 13.2. The molecule has 2 aromatic rings. The van der Waals surface area contributed by atoms with E-state index in [1.165, 1.54) is 29.6 Å². The molecule has 0 radical (unpaired) electrons. The van der Waals surface area contributed by atoms with Crippen molar-refractivity contribution in [3.63, 3.8) is 0 Å². The number of anilines is 1. The highest BCUT2D eigenvalue weighted by Crippen LogP contribution is 2.36. The molecule has 25 heavy (non-hydrogen) atoms. The molecular formula is C18H17NO5S. The van der Waals surface area contributed by atoms with Gasteiger partial charge in [0.2, 0.25) is 0 Å². The van der Waals surface area contributed by atoms with E-state index in [2.05, 4.69) is 0 Å². The van der Waals surface area contributed by atoms with Crippen LogP contribution in [0.25, 0.3) is 6.08 Å². The Morgan fingerprint density at radius 1 is 1.24 bits per heavy atom. The van der Waals surface area contributed by atoms with Crippen LogP contribution >= 0.6 is 0 Å². The smallest absolute Gasteiger partial charge is 0.328 e. The minimum Gasteiger partial charge on any atom is -0.495 e. The van der Waals surface area contributed by atoms with Crippen molar-refractivity contribution in [3.05, 3.63) is 59.7 Å². The molecule has 0 bridgehead atoms. The second-order valence-electron chi connectivity index (χ2n) is 5.54. The summed E-state index contributed by atoms with van der Waals surface area (Å²) in [5, 5.41) is 8.75. The standard InChI is InChI=1S/C18H17NO5S/c1-24-16-8-6-13(7-9-18(20)21)12-17(16)25(22,23)19-11-10-14-4-2-3-5-15(14)19/h2-9,12H,10-11H2,1H3,(H,20,21)/b9-7+. The molecule has 7 heteroatoms. The first-order chi connectivity index (χ1) is 11.9. The highest BCUT2D eigenvalue weighted by Gasteiger charge is 2.32. The Labute approximate surface area is 146 Å². The molecule has 0 fully saturated rings. The molecule has 0 atom stereocenters. The van der Waals surface area contributed by atoms with Crippen LogP contribution < -0.4 is 9.04 Å². The number of nitrogens with zero attached hydrogens (tertiary/aromatic N) is 1. The summed E-state index contributed by atoms with van der Waals surface area (Å²) in [5.41, 5.74) is 2.11. The number of hydrogen-bond acceptors (Lipinski definition) is 4. The van der Waals surface area contributed by atoms with Crippen LogP contribution in [0, 0.1) is 0 Å². The second-order valence-corrected chi connectivity index (χ2v) is 7.37. The second kappa shape index (κ2) is 6.60. The highest BCUT2D eigenvalue weighted by atomic mass is 32.2. The van der Waals surface area contributed by atoms with Gasteiger partial charge in [0.25, 0.3) is 10.0 Å². The van der Waals surface area contributed by atoms with E-state index in [1.54, 1.807) is 18.2 Å². The molecule has 1 aliphatic rings. The van der Waals surface area contributed by atoms with Crippen molar-refractivity contribution >= 4 is 27.8 Å². The fourth-order valence-electron chi connectivity index (χ4n) is 2.84. The molecule has 6 nitrogen and oxygen atoms in total. The van der Waals surface area contributed by atoms with Gasteiger partial charge in [0, 0.05) is 12.6 Å². The Morgan fingerprint density at radius 2 is 2.00 bits per heavy atom. The van der Waals surface area contributed by atoms with Gasteiger partial charge in [-0.05, 0) is 41.8 Å². The van der Waals surface area contributed by atoms with Crippen molar-refractivity contribution in [1.82, 2.24) is 0 Å². The third kappa shape index (κ3) is 3.23. The van der Waals surface area contributed by atoms with Gasteiger partial charge in [0.05, 0.1) is 12.8 Å². The lowest BCUT2D eigenvalue weighted by molar-refractivity contribution is -0.131. The molecular weight excluding hydrogens is 342 g/mol. The van der Waals surface area contributed by atoms with Crippen LogP contribution in [0.3, 0.4) is 0 Å². The lowest BCUT2D eigenvalue weighted by Gasteiger charge is -2.21. The number of carboxylic acid groups (broad SMARTS) is 1. The van der Waals surface area contributed by atoms with E-state index >= 15 is 0 Å². The van der Waals surface area contributed by atoms with Gasteiger partial charge in [-0.15, -0.1) is 0 Å². The zero-order valence-electron chi connectivity index (χ0n) is 13.5. The molecule has 0 aromatic heterocycles. The van der Waals surface area contributed by atoms with Crippen LogP contribution in [-0.2, 0) is 21.2 Å². The van der Waals surface area contributed by atoms with Crippen LogP contribution in [0.15, 0.2) is 53.4 Å². The van der Waals surface area contributed by atoms with E-state index in [-0.39, 0.29) is 10.6 Å². The molecule has 0 saturated heterocycles. The lowest BCUT2D eigenvalue weighted by atomic mass is 10.2. The van der Waals surface area contributed by atoms with Crippen LogP contribution in [0.1, 0.15) is 11.1 Å². The van der Waals surface area contributed by atoms with E-state index in [1.807, 2.05) is 12.1 Å². The van der Waals surface area contributed by atoms with Crippen LogP contribution in [0.4, 0.5) is 5.69 Å². The van der Waals surface area contributed by atoms with E-state index < -0.39 is 16.0 Å². The predicted octanol–water partition coefficient (Wildman–Crippen LogP) is 2.54. The number of carbonyl (C=O) groups is 1. The van der Waals surface area contributed by atoms with Crippen LogP contribution in [-0.4, -0.2) is 33.1 Å². The van der Waals surface area contributed by atoms with Crippen molar-refractivity contribution in [2.75, 3.05) is 18.0 Å². The van der Waals surface area contributed by atoms with Crippen LogP contribution in [0.2, 0.25) is 0 Å². The first kappa shape index (κ1) is 17.0. The molecule has 2 aromatic carbocycles. The summed E-state index contributed by atoms with van der Waals surface area (Å²) in [6.45, 7) is 0.361. The van der Waals surface area contributed by atoms with Crippen molar-refractivity contribution in [2.45, 2.75) is 11.3 Å². The summed E-state index contributed by atoms with van der Waals surface area (Å²) in [6.07, 6.45) is 2.96. The number of benzene rings is 2. The van der Waals surface area contributed by atoms with Gasteiger partial charge in [-0.25, -0.2) is 13.2 Å². The largest absolute Gasteiger partial charge is 0.495 e. The van der Waals surface area contributed by atoms with Crippen molar-refractivity contribution in [1.29, 1.82) is 0 Å². The predicted molar refractivity (Wildman–Crippen MR) is 94.3 cm³/mol. The van der Waals surface area contributed by atoms with Crippen molar-refractivity contribution < 1.29 is 23.1 Å². The molecule has 1 N–H and O–H groups in total. The minimum absolute atomic E-state index is 0.0132. The number of fused-ring (bicyclic) bond motifs is 1. The summed E-state index contributed by atoms with van der Waals surface area (Å²) in [7, 11) is -2.43. The number of methoxy groups -OCH3 is 1. The first-order valence-electron chi connectivity index (χ1n) is 7.63. The summed E-state index contributed by atoms with van der Waals surface area (Å²) in [5.74, 6) is -0.884. The average molecular weight is 359 g/mol. The number of carboxylic acids is 1. The molecule has 3 rings (SSSR count). The summed E-state index contributed by atoms with van der Waals surface area (Å²) < 4.78 is 32.9. The number of ether oxygens (including phenoxy) is 1. The average Bonchev–Trinajstić information content (AvgIpc) is 3.04. The van der Waals surface area contributed by atoms with E-state index in [0.29, 0.717) is 24.2 Å². The SMILES string of the molecule is COc1ccc(/C=C/C(=O)O)cc1S(=O)(=O)N1CCc2ccccc21. The monoisotopic (exact) mass is 359 g/mol. The van der Waals surface area contributed by atoms with E-state index in [9.17, 15) is 13.2 Å². The van der Waals surface area contributed by atoms with Gasteiger partial charge < -0.3 is 9.84 Å². The Balaban J connectivity index is 2.08. The van der Waals surface area contributed by atoms with Gasteiger partial charge in [0.1, 0.15) is 10.6 Å². The third-order valence-electron chi connectivity index (χ3n) is 4.02. The lowest BCUT2D eigenvalue weighted by Crippen LogP contribution is -2.29. The highest BCUT2D eigenvalue weighted by molar-refractivity contribution is 7.93. The summed E-state index contributed by atoms with van der Waals surface area (Å²) >= 11 is 0. The Hall–Kier alpha value is -2.80. The molecule has 1 heterocycles. The van der Waals surface area contributed by atoms with Gasteiger partial charge in [-0.3, -0.25) is 4.31 Å². The Bertz CT molecular complexity index is 950. The zero-order chi connectivity index (χ0) is 18.0. The first-order valence-corrected chi connectivity index (χ1v) is 9.07. The molecule has 0 saturated carbocycles. The summed E-state index contributed by atoms with van der Waals surface area (Å²) in [4.78, 5) is 10.7. The molecule has 0 unspecified atom stereocenters. The van der Waals surface area contributed by atoms with E-state index in [0.717, 1.165) is 11.6 Å². The van der Waals surface area contributed by atoms with Crippen molar-refractivity contribution in [2.24, 2.45) is 0 Å². The van der Waals surface area contributed by atoms with E-state index in [4.69, 9.17) is 9.84 Å². The third-order valence-corrected chi connectivity index (χ3v) is 5.85. The van der Waals surface area contributed by atoms with Crippen molar-refractivity contribution in [3.8, 4) is 5.75 Å². The number of hydrogen-bond donors (Lipinski definition) is 1. The van der Waals surface area contributed by atoms with Gasteiger partial charge in [-0.1, -0.05) is 24.3 Å². The maximum absolute atomic E-state index is 13.2. The fraction of sp³-hybridized carbons (Fsp3) is 0.167.